The fourth-order valence-corrected chi connectivity index (χ4v) is 4.48. The minimum atomic E-state index is -3.75. The fourth-order valence-electron chi connectivity index (χ4n) is 3.38. The zero-order chi connectivity index (χ0) is 23.9. The van der Waals surface area contributed by atoms with Gasteiger partial charge >= 0.3 is 0 Å². The molecule has 2 aromatic carbocycles. The maximum atomic E-state index is 13.4. The number of benzene rings is 2. The summed E-state index contributed by atoms with van der Waals surface area (Å²) in [5.41, 5.74) is 2.00. The number of halogens is 1. The molecule has 0 radical (unpaired) electrons. The molecule has 0 fully saturated rings. The normalized spacial score (nSPS) is 12.2. The number of carbonyl (C=O) groups excluding carboxylic acids is 2. The topological polar surface area (TPSA) is 86.8 Å². The Morgan fingerprint density at radius 3 is 2.38 bits per heavy atom. The van der Waals surface area contributed by atoms with E-state index in [1.807, 2.05) is 19.1 Å². The second-order valence-corrected chi connectivity index (χ2v) is 9.82. The van der Waals surface area contributed by atoms with Crippen molar-refractivity contribution < 1.29 is 18.0 Å². The second kappa shape index (κ2) is 11.3. The number of anilines is 1. The molecule has 0 saturated carbocycles. The first-order valence-corrected chi connectivity index (χ1v) is 12.7. The zero-order valence-corrected chi connectivity index (χ0v) is 20.4. The van der Waals surface area contributed by atoms with E-state index >= 15 is 0 Å². The molecule has 0 spiro atoms. The van der Waals surface area contributed by atoms with Gasteiger partial charge in [-0.05, 0) is 49.6 Å². The maximum Gasteiger partial charge on any atom is 0.244 e. The Bertz CT molecular complexity index is 1060. The highest BCUT2D eigenvalue weighted by Crippen LogP contribution is 2.24. The van der Waals surface area contributed by atoms with Crippen molar-refractivity contribution in [3.63, 3.8) is 0 Å². The zero-order valence-electron chi connectivity index (χ0n) is 18.8. The first kappa shape index (κ1) is 25.7. The van der Waals surface area contributed by atoms with Crippen molar-refractivity contribution in [1.29, 1.82) is 0 Å². The van der Waals surface area contributed by atoms with E-state index in [2.05, 4.69) is 5.32 Å². The molecule has 2 aromatic rings. The van der Waals surface area contributed by atoms with Crippen molar-refractivity contribution >= 4 is 39.1 Å². The predicted octanol–water partition coefficient (Wildman–Crippen LogP) is 3.22. The average molecular weight is 480 g/mol. The lowest BCUT2D eigenvalue weighted by Crippen LogP contribution is -2.51. The molecule has 2 amide bonds. The Hall–Kier alpha value is -2.58. The summed E-state index contributed by atoms with van der Waals surface area (Å²) in [6.45, 7) is 5.45. The lowest BCUT2D eigenvalue weighted by Gasteiger charge is -2.32. The van der Waals surface area contributed by atoms with E-state index in [1.54, 1.807) is 50.2 Å². The highest BCUT2D eigenvalue weighted by atomic mass is 35.5. The number of hydrogen-bond acceptors (Lipinski definition) is 4. The number of para-hydroxylation sites is 1. The average Bonchev–Trinajstić information content (AvgIpc) is 2.74. The van der Waals surface area contributed by atoms with Crippen LogP contribution < -0.4 is 9.62 Å². The second-order valence-electron chi connectivity index (χ2n) is 7.47. The minimum absolute atomic E-state index is 0.116. The number of carbonyl (C=O) groups is 2. The Labute approximate surface area is 195 Å². The molecule has 0 aliphatic carbocycles. The molecule has 2 rings (SSSR count). The van der Waals surface area contributed by atoms with Crippen LogP contribution in [0.2, 0.25) is 5.02 Å². The van der Waals surface area contributed by atoms with Crippen LogP contribution in [0.3, 0.4) is 0 Å². The van der Waals surface area contributed by atoms with Gasteiger partial charge in [-0.3, -0.25) is 13.9 Å². The number of aryl methyl sites for hydroxylation is 1. The molecule has 0 aliphatic heterocycles. The van der Waals surface area contributed by atoms with Crippen molar-refractivity contribution in [1.82, 2.24) is 10.2 Å². The minimum Gasteiger partial charge on any atom is -0.355 e. The van der Waals surface area contributed by atoms with Crippen LogP contribution >= 0.6 is 11.6 Å². The molecule has 0 saturated heterocycles. The summed E-state index contributed by atoms with van der Waals surface area (Å²) in [6.07, 6.45) is 1.68. The highest BCUT2D eigenvalue weighted by molar-refractivity contribution is 7.92. The standard InChI is InChI=1S/C23H30ClN3O4S/c1-5-19-11-7-8-13-21(19)27(32(4,30)31)16-22(28)26(17(3)23(29)25-6-2)15-18-10-9-12-20(24)14-18/h7-14,17H,5-6,15-16H2,1-4H3,(H,25,29). The number of sulfonamides is 1. The molecule has 0 aliphatic rings. The van der Waals surface area contributed by atoms with Gasteiger partial charge in [-0.15, -0.1) is 0 Å². The van der Waals surface area contributed by atoms with Crippen LogP contribution in [0, 0.1) is 0 Å². The maximum absolute atomic E-state index is 13.4. The molecule has 1 atom stereocenters. The van der Waals surface area contributed by atoms with E-state index in [1.165, 1.54) is 4.90 Å². The van der Waals surface area contributed by atoms with Gasteiger partial charge < -0.3 is 10.2 Å². The number of nitrogens with zero attached hydrogens (tertiary/aromatic N) is 2. The number of amides is 2. The summed E-state index contributed by atoms with van der Waals surface area (Å²) in [7, 11) is -3.75. The van der Waals surface area contributed by atoms with Gasteiger partial charge in [0.05, 0.1) is 11.9 Å². The van der Waals surface area contributed by atoms with Crippen LogP contribution in [0.4, 0.5) is 5.69 Å². The predicted molar refractivity (Wildman–Crippen MR) is 128 cm³/mol. The van der Waals surface area contributed by atoms with Gasteiger partial charge in [-0.2, -0.15) is 0 Å². The highest BCUT2D eigenvalue weighted by Gasteiger charge is 2.30. The molecule has 1 unspecified atom stereocenters. The Morgan fingerprint density at radius 2 is 1.78 bits per heavy atom. The van der Waals surface area contributed by atoms with Gasteiger partial charge in [0.15, 0.2) is 0 Å². The molecule has 0 bridgehead atoms. The summed E-state index contributed by atoms with van der Waals surface area (Å²) in [5, 5.41) is 3.23. The smallest absolute Gasteiger partial charge is 0.244 e. The van der Waals surface area contributed by atoms with Gasteiger partial charge in [0.2, 0.25) is 21.8 Å². The molecule has 0 heterocycles. The third kappa shape index (κ3) is 6.71. The quantitative estimate of drug-likeness (QED) is 0.566. The monoisotopic (exact) mass is 479 g/mol. The van der Waals surface area contributed by atoms with Crippen LogP contribution in [0.15, 0.2) is 48.5 Å². The summed E-state index contributed by atoms with van der Waals surface area (Å²) < 4.78 is 26.4. The van der Waals surface area contributed by atoms with Crippen molar-refractivity contribution in [2.24, 2.45) is 0 Å². The van der Waals surface area contributed by atoms with Gasteiger partial charge in [0.25, 0.3) is 0 Å². The van der Waals surface area contributed by atoms with Crippen LogP contribution in [-0.4, -0.2) is 50.5 Å². The first-order chi connectivity index (χ1) is 15.1. The van der Waals surface area contributed by atoms with Crippen molar-refractivity contribution in [3.8, 4) is 0 Å². The fraction of sp³-hybridized carbons (Fsp3) is 0.391. The van der Waals surface area contributed by atoms with Crippen molar-refractivity contribution in [2.75, 3.05) is 23.7 Å². The largest absolute Gasteiger partial charge is 0.355 e. The molecule has 174 valence electrons. The third-order valence-corrected chi connectivity index (χ3v) is 6.44. The SMILES string of the molecule is CCNC(=O)C(C)N(Cc1cccc(Cl)c1)C(=O)CN(c1ccccc1CC)S(C)(=O)=O. The Balaban J connectivity index is 2.42. The molecule has 0 aromatic heterocycles. The molecule has 9 heteroatoms. The van der Waals surface area contributed by atoms with Crippen molar-refractivity contribution in [3.05, 3.63) is 64.7 Å². The third-order valence-electron chi connectivity index (χ3n) is 5.08. The van der Waals surface area contributed by atoms with Crippen LogP contribution in [-0.2, 0) is 32.6 Å². The number of nitrogens with one attached hydrogen (secondary N) is 1. The van der Waals surface area contributed by atoms with Crippen LogP contribution in [0.5, 0.6) is 0 Å². The van der Waals surface area contributed by atoms with Crippen LogP contribution in [0.1, 0.15) is 31.9 Å². The van der Waals surface area contributed by atoms with Gasteiger partial charge in [0.1, 0.15) is 12.6 Å². The molecule has 1 N–H and O–H groups in total. The van der Waals surface area contributed by atoms with Gasteiger partial charge in [-0.25, -0.2) is 8.42 Å². The summed E-state index contributed by atoms with van der Waals surface area (Å²) in [4.78, 5) is 27.3. The molecular weight excluding hydrogens is 450 g/mol. The first-order valence-electron chi connectivity index (χ1n) is 10.5. The lowest BCUT2D eigenvalue weighted by molar-refractivity contribution is -0.139. The van der Waals surface area contributed by atoms with E-state index < -0.39 is 28.5 Å². The molecule has 7 nitrogen and oxygen atoms in total. The van der Waals surface area contributed by atoms with E-state index in [4.69, 9.17) is 11.6 Å². The molecule has 32 heavy (non-hydrogen) atoms. The number of likely N-dealkylation sites (N-methyl/N-ethyl adjacent to an activating group) is 1. The van der Waals surface area contributed by atoms with E-state index in [0.717, 1.165) is 21.7 Å². The number of rotatable bonds is 10. The van der Waals surface area contributed by atoms with Crippen LogP contribution in [0.25, 0.3) is 0 Å². The Kier molecular flexibility index (Phi) is 9.09. The van der Waals surface area contributed by atoms with E-state index in [-0.39, 0.29) is 12.5 Å². The number of hydrogen-bond donors (Lipinski definition) is 1. The molecular formula is C23H30ClN3O4S. The summed E-state index contributed by atoms with van der Waals surface area (Å²) in [5.74, 6) is -0.803. The van der Waals surface area contributed by atoms with Crippen molar-refractivity contribution in [2.45, 2.75) is 39.8 Å². The van der Waals surface area contributed by atoms with Gasteiger partial charge in [0, 0.05) is 18.1 Å². The van der Waals surface area contributed by atoms with E-state index in [9.17, 15) is 18.0 Å². The Morgan fingerprint density at radius 1 is 1.09 bits per heavy atom. The lowest BCUT2D eigenvalue weighted by atomic mass is 10.1. The summed E-state index contributed by atoms with van der Waals surface area (Å²) >= 11 is 6.09. The summed E-state index contributed by atoms with van der Waals surface area (Å²) in [6, 6.07) is 13.3. The van der Waals surface area contributed by atoms with E-state index in [0.29, 0.717) is 23.7 Å². The van der Waals surface area contributed by atoms with Gasteiger partial charge in [-0.1, -0.05) is 48.9 Å².